The summed E-state index contributed by atoms with van der Waals surface area (Å²) in [5.41, 5.74) is 0.727. The summed E-state index contributed by atoms with van der Waals surface area (Å²) < 4.78 is 22.2. The predicted octanol–water partition coefficient (Wildman–Crippen LogP) is 5.36. The van der Waals surface area contributed by atoms with Crippen molar-refractivity contribution in [2.45, 2.75) is 84.3 Å². The third kappa shape index (κ3) is 10.9. The Balaban J connectivity index is 5.03. The van der Waals surface area contributed by atoms with E-state index in [2.05, 4.69) is 20.1 Å². The van der Waals surface area contributed by atoms with Crippen LogP contribution in [0.15, 0.2) is 24.3 Å². The lowest BCUT2D eigenvalue weighted by atomic mass is 9.87. The van der Waals surface area contributed by atoms with E-state index in [0.29, 0.717) is 24.0 Å². The maximum atomic E-state index is 11.7. The van der Waals surface area contributed by atoms with Crippen molar-refractivity contribution in [1.29, 1.82) is 0 Å². The minimum absolute atomic E-state index is 0.0138. The number of hydrogen-bond acceptors (Lipinski definition) is 6. The molecule has 0 fully saturated rings. The lowest BCUT2D eigenvalue weighted by Crippen LogP contribution is -2.44. The highest BCUT2D eigenvalue weighted by Crippen LogP contribution is 2.34. The number of unbranched alkanes of at least 4 members (excludes halogenated alkanes) is 5. The van der Waals surface area contributed by atoms with Gasteiger partial charge in [0.25, 0.3) is 0 Å². The lowest BCUT2D eigenvalue weighted by molar-refractivity contribution is -0.252. The summed E-state index contributed by atoms with van der Waals surface area (Å²) in [6.07, 6.45) is 8.93. The molecule has 0 amide bonds. The smallest absolute Gasteiger partial charge is 0.333 e. The third-order valence-corrected chi connectivity index (χ3v) is 5.30. The van der Waals surface area contributed by atoms with Crippen molar-refractivity contribution in [3.63, 3.8) is 0 Å². The van der Waals surface area contributed by atoms with E-state index >= 15 is 0 Å². The minimum atomic E-state index is -0.922. The van der Waals surface area contributed by atoms with E-state index in [0.717, 1.165) is 19.3 Å². The number of carbonyl (C=O) groups is 2. The summed E-state index contributed by atoms with van der Waals surface area (Å²) in [6, 6.07) is 0. The minimum Gasteiger partial charge on any atom is -0.462 e. The Kier molecular flexibility index (Phi) is 15.2. The monoisotopic (exact) mass is 426 g/mol. The van der Waals surface area contributed by atoms with Gasteiger partial charge in [0.15, 0.2) is 5.79 Å². The van der Waals surface area contributed by atoms with Gasteiger partial charge >= 0.3 is 11.9 Å². The van der Waals surface area contributed by atoms with Crippen LogP contribution in [0.1, 0.15) is 78.6 Å². The fourth-order valence-corrected chi connectivity index (χ4v) is 3.41. The zero-order valence-corrected chi connectivity index (χ0v) is 19.7. The molecule has 0 aliphatic carbocycles. The molecule has 0 radical (unpaired) electrons. The molecule has 6 nitrogen and oxygen atoms in total. The molecule has 0 aromatic rings. The fraction of sp³-hybridized carbons (Fsp3) is 0.750. The van der Waals surface area contributed by atoms with Crippen molar-refractivity contribution < 1.29 is 28.5 Å². The van der Waals surface area contributed by atoms with Crippen LogP contribution in [0, 0.1) is 5.92 Å². The van der Waals surface area contributed by atoms with Crippen LogP contribution in [-0.4, -0.2) is 45.2 Å². The third-order valence-electron chi connectivity index (χ3n) is 5.30. The molecule has 174 valence electrons. The van der Waals surface area contributed by atoms with Crippen molar-refractivity contribution >= 4 is 11.9 Å². The maximum Gasteiger partial charge on any atom is 0.333 e. The summed E-state index contributed by atoms with van der Waals surface area (Å²) in [5.74, 6) is -1.77. The summed E-state index contributed by atoms with van der Waals surface area (Å²) in [5, 5.41) is 0. The molecule has 0 N–H and O–H groups in total. The Hall–Kier alpha value is -1.66. The summed E-state index contributed by atoms with van der Waals surface area (Å²) in [7, 11) is 3.19. The Morgan fingerprint density at radius 2 is 1.30 bits per heavy atom. The highest BCUT2D eigenvalue weighted by molar-refractivity contribution is 5.87. The van der Waals surface area contributed by atoms with Gasteiger partial charge in [-0.1, -0.05) is 58.6 Å². The van der Waals surface area contributed by atoms with Gasteiger partial charge in [0.05, 0.1) is 13.2 Å². The number of ether oxygens (including phenoxy) is 4. The molecule has 0 aliphatic rings. The van der Waals surface area contributed by atoms with E-state index in [1.165, 1.54) is 25.7 Å². The SMILES string of the molecule is C=C(C)C(=O)OCCC(CCCCCCCC)C(CCOC(=O)C(=C)C)(OC)OC. The van der Waals surface area contributed by atoms with Gasteiger partial charge in [-0.15, -0.1) is 0 Å². The van der Waals surface area contributed by atoms with Crippen LogP contribution in [0.4, 0.5) is 0 Å². The largest absolute Gasteiger partial charge is 0.462 e. The van der Waals surface area contributed by atoms with E-state index in [1.807, 2.05) is 0 Å². The van der Waals surface area contributed by atoms with E-state index in [4.69, 9.17) is 18.9 Å². The molecule has 0 aliphatic heterocycles. The zero-order valence-electron chi connectivity index (χ0n) is 19.7. The Bertz CT molecular complexity index is 536. The van der Waals surface area contributed by atoms with Crippen LogP contribution in [0.25, 0.3) is 0 Å². The standard InChI is InChI=1S/C24H42O6/c1-8-9-10-11-12-13-14-21(15-17-29-22(25)19(2)3)24(27-6,28-7)16-18-30-23(26)20(4)5/h21H,2,4,8-18H2,1,3,5-7H3. The lowest BCUT2D eigenvalue weighted by Gasteiger charge is -2.38. The highest BCUT2D eigenvalue weighted by Gasteiger charge is 2.39. The molecule has 1 unspecified atom stereocenters. The second kappa shape index (κ2) is 16.1. The van der Waals surface area contributed by atoms with Gasteiger partial charge in [0.1, 0.15) is 0 Å². The van der Waals surface area contributed by atoms with E-state index in [9.17, 15) is 9.59 Å². The first-order chi connectivity index (χ1) is 14.2. The summed E-state index contributed by atoms with van der Waals surface area (Å²) in [6.45, 7) is 13.1. The molecule has 0 saturated carbocycles. The Morgan fingerprint density at radius 3 is 1.80 bits per heavy atom. The molecule has 6 heteroatoms. The topological polar surface area (TPSA) is 71.1 Å². The molecule has 0 saturated heterocycles. The maximum absolute atomic E-state index is 11.7. The number of rotatable bonds is 18. The van der Waals surface area contributed by atoms with E-state index < -0.39 is 17.7 Å². The molecule has 0 bridgehead atoms. The molecule has 1 atom stereocenters. The van der Waals surface area contributed by atoms with Gasteiger partial charge in [0, 0.05) is 37.7 Å². The van der Waals surface area contributed by atoms with Crippen molar-refractivity contribution in [2.75, 3.05) is 27.4 Å². The van der Waals surface area contributed by atoms with Crippen LogP contribution >= 0.6 is 0 Å². The molecule has 0 spiro atoms. The second-order valence-corrected chi connectivity index (χ2v) is 7.84. The van der Waals surface area contributed by atoms with Crippen LogP contribution in [0.5, 0.6) is 0 Å². The zero-order chi connectivity index (χ0) is 23.0. The Labute approximate surface area is 183 Å². The second-order valence-electron chi connectivity index (χ2n) is 7.84. The molecule has 0 aromatic carbocycles. The first-order valence-electron chi connectivity index (χ1n) is 11.0. The average molecular weight is 427 g/mol. The molecule has 30 heavy (non-hydrogen) atoms. The summed E-state index contributed by atoms with van der Waals surface area (Å²) in [4.78, 5) is 23.4. The van der Waals surface area contributed by atoms with Crippen molar-refractivity contribution in [2.24, 2.45) is 5.92 Å². The normalized spacial score (nSPS) is 12.3. The first kappa shape index (κ1) is 28.3. The average Bonchev–Trinajstić information content (AvgIpc) is 2.72. The van der Waals surface area contributed by atoms with Gasteiger partial charge in [-0.2, -0.15) is 0 Å². The van der Waals surface area contributed by atoms with Gasteiger partial charge in [-0.05, 0) is 26.7 Å². The van der Waals surface area contributed by atoms with E-state index in [-0.39, 0.29) is 19.1 Å². The van der Waals surface area contributed by atoms with Crippen LogP contribution in [0.2, 0.25) is 0 Å². The van der Waals surface area contributed by atoms with Gasteiger partial charge in [0.2, 0.25) is 0 Å². The number of carbonyl (C=O) groups excluding carboxylic acids is 2. The molecular weight excluding hydrogens is 384 g/mol. The van der Waals surface area contributed by atoms with Crippen LogP contribution < -0.4 is 0 Å². The highest BCUT2D eigenvalue weighted by atomic mass is 16.7. The first-order valence-corrected chi connectivity index (χ1v) is 11.0. The van der Waals surface area contributed by atoms with Gasteiger partial charge in [-0.25, -0.2) is 9.59 Å². The van der Waals surface area contributed by atoms with Gasteiger partial charge in [-0.3, -0.25) is 0 Å². The molecule has 0 rings (SSSR count). The van der Waals surface area contributed by atoms with E-state index in [1.54, 1.807) is 28.1 Å². The molecule has 0 aromatic heterocycles. The number of methoxy groups -OCH3 is 2. The quantitative estimate of drug-likeness (QED) is 0.127. The molecule has 0 heterocycles. The fourth-order valence-electron chi connectivity index (χ4n) is 3.41. The summed E-state index contributed by atoms with van der Waals surface area (Å²) >= 11 is 0. The van der Waals surface area contributed by atoms with Crippen molar-refractivity contribution in [1.82, 2.24) is 0 Å². The van der Waals surface area contributed by atoms with Gasteiger partial charge < -0.3 is 18.9 Å². The Morgan fingerprint density at radius 1 is 0.800 bits per heavy atom. The van der Waals surface area contributed by atoms with Crippen molar-refractivity contribution in [3.8, 4) is 0 Å². The van der Waals surface area contributed by atoms with Crippen LogP contribution in [-0.2, 0) is 28.5 Å². The van der Waals surface area contributed by atoms with Crippen LogP contribution in [0.3, 0.4) is 0 Å². The number of hydrogen-bond donors (Lipinski definition) is 0. The molecular formula is C24H42O6. The number of esters is 2. The predicted molar refractivity (Wildman–Crippen MR) is 119 cm³/mol. The van der Waals surface area contributed by atoms with Crippen molar-refractivity contribution in [3.05, 3.63) is 24.3 Å².